The van der Waals surface area contributed by atoms with Gasteiger partial charge in [0, 0.05) is 20.6 Å². The van der Waals surface area contributed by atoms with E-state index < -0.39 is 6.10 Å². The van der Waals surface area contributed by atoms with E-state index in [2.05, 4.69) is 25.3 Å². The van der Waals surface area contributed by atoms with Crippen LogP contribution in [0.3, 0.4) is 0 Å². The number of carbonyl (C=O) groups excluding carboxylic acids is 1. The standard InChI is InChI=1S/C13H18N6O2/c1-8-16-11-9(6-15-18(11)3)12(17-8)19-4-5-21-10(7-19)13(20)14-2/h6,10H,4-5,7H2,1-3H3,(H,14,20). The summed E-state index contributed by atoms with van der Waals surface area (Å²) < 4.78 is 7.24. The van der Waals surface area contributed by atoms with Crippen molar-refractivity contribution in [2.75, 3.05) is 31.6 Å². The molecule has 1 unspecified atom stereocenters. The molecular formula is C13H18N6O2. The second-order valence-corrected chi connectivity index (χ2v) is 5.02. The van der Waals surface area contributed by atoms with Crippen LogP contribution in [0.15, 0.2) is 6.20 Å². The number of ether oxygens (including phenoxy) is 1. The van der Waals surface area contributed by atoms with Gasteiger partial charge in [-0.3, -0.25) is 9.48 Å². The predicted octanol–water partition coefficient (Wildman–Crippen LogP) is -0.377. The molecule has 1 N–H and O–H groups in total. The summed E-state index contributed by atoms with van der Waals surface area (Å²) in [7, 11) is 3.46. The van der Waals surface area contributed by atoms with Crippen LogP contribution in [-0.4, -0.2) is 58.5 Å². The summed E-state index contributed by atoms with van der Waals surface area (Å²) in [5, 5.41) is 7.75. The van der Waals surface area contributed by atoms with Gasteiger partial charge in [-0.1, -0.05) is 0 Å². The van der Waals surface area contributed by atoms with E-state index in [0.29, 0.717) is 25.5 Å². The molecule has 1 amide bonds. The minimum absolute atomic E-state index is 0.118. The molecule has 0 spiro atoms. The number of aromatic nitrogens is 4. The maximum atomic E-state index is 11.8. The quantitative estimate of drug-likeness (QED) is 0.812. The summed E-state index contributed by atoms with van der Waals surface area (Å²) in [4.78, 5) is 22.8. The van der Waals surface area contributed by atoms with Gasteiger partial charge in [-0.2, -0.15) is 5.10 Å². The topological polar surface area (TPSA) is 85.2 Å². The smallest absolute Gasteiger partial charge is 0.250 e. The highest BCUT2D eigenvalue weighted by molar-refractivity contribution is 5.88. The van der Waals surface area contributed by atoms with Gasteiger partial charge in [0.05, 0.1) is 24.7 Å². The number of morpholine rings is 1. The lowest BCUT2D eigenvalue weighted by molar-refractivity contribution is -0.132. The molecule has 3 rings (SSSR count). The maximum absolute atomic E-state index is 11.8. The van der Waals surface area contributed by atoms with Gasteiger partial charge in [-0.15, -0.1) is 0 Å². The lowest BCUT2D eigenvalue weighted by Gasteiger charge is -2.33. The van der Waals surface area contributed by atoms with Gasteiger partial charge < -0.3 is 15.0 Å². The van der Waals surface area contributed by atoms with Crippen LogP contribution in [0.1, 0.15) is 5.82 Å². The van der Waals surface area contributed by atoms with Gasteiger partial charge >= 0.3 is 0 Å². The third-order valence-corrected chi connectivity index (χ3v) is 3.59. The first-order valence-corrected chi connectivity index (χ1v) is 6.84. The minimum Gasteiger partial charge on any atom is -0.365 e. The highest BCUT2D eigenvalue weighted by atomic mass is 16.5. The zero-order chi connectivity index (χ0) is 15.0. The van der Waals surface area contributed by atoms with E-state index in [1.54, 1.807) is 17.9 Å². The molecule has 1 saturated heterocycles. The molecule has 8 heteroatoms. The largest absolute Gasteiger partial charge is 0.365 e. The number of fused-ring (bicyclic) bond motifs is 1. The van der Waals surface area contributed by atoms with Crippen LogP contribution in [0.5, 0.6) is 0 Å². The monoisotopic (exact) mass is 290 g/mol. The number of rotatable bonds is 2. The Labute approximate surface area is 122 Å². The third kappa shape index (κ3) is 2.42. The van der Waals surface area contributed by atoms with Crippen LogP contribution in [0.25, 0.3) is 11.0 Å². The maximum Gasteiger partial charge on any atom is 0.250 e. The number of hydrogen-bond donors (Lipinski definition) is 1. The number of carbonyl (C=O) groups is 1. The molecule has 1 aliphatic rings. The van der Waals surface area contributed by atoms with E-state index in [0.717, 1.165) is 16.9 Å². The molecule has 1 fully saturated rings. The van der Waals surface area contributed by atoms with Crippen molar-refractivity contribution in [1.82, 2.24) is 25.1 Å². The van der Waals surface area contributed by atoms with E-state index in [9.17, 15) is 4.79 Å². The number of amides is 1. The van der Waals surface area contributed by atoms with E-state index in [-0.39, 0.29) is 5.91 Å². The Balaban J connectivity index is 1.98. The molecule has 0 aliphatic carbocycles. The Bertz CT molecular complexity index is 683. The van der Waals surface area contributed by atoms with Crippen LogP contribution in [-0.2, 0) is 16.6 Å². The number of aryl methyl sites for hydroxylation is 2. The van der Waals surface area contributed by atoms with Crippen LogP contribution in [0.4, 0.5) is 5.82 Å². The molecular weight excluding hydrogens is 272 g/mol. The van der Waals surface area contributed by atoms with Crippen molar-refractivity contribution in [3.05, 3.63) is 12.0 Å². The highest BCUT2D eigenvalue weighted by Gasteiger charge is 2.28. The summed E-state index contributed by atoms with van der Waals surface area (Å²) >= 11 is 0. The van der Waals surface area contributed by atoms with Crippen molar-refractivity contribution in [1.29, 1.82) is 0 Å². The van der Waals surface area contributed by atoms with Gasteiger partial charge in [-0.05, 0) is 6.92 Å². The fourth-order valence-electron chi connectivity index (χ4n) is 2.52. The Morgan fingerprint density at radius 1 is 1.48 bits per heavy atom. The molecule has 2 aromatic rings. The third-order valence-electron chi connectivity index (χ3n) is 3.59. The molecule has 0 bridgehead atoms. The van der Waals surface area contributed by atoms with E-state index in [4.69, 9.17) is 4.74 Å². The molecule has 2 aromatic heterocycles. The van der Waals surface area contributed by atoms with Crippen molar-refractivity contribution >= 4 is 22.8 Å². The highest BCUT2D eigenvalue weighted by Crippen LogP contribution is 2.25. The van der Waals surface area contributed by atoms with Gasteiger partial charge in [-0.25, -0.2) is 9.97 Å². The molecule has 112 valence electrons. The number of nitrogens with one attached hydrogen (secondary N) is 1. The Kier molecular flexibility index (Phi) is 3.46. The molecule has 0 saturated carbocycles. The van der Waals surface area contributed by atoms with Crippen molar-refractivity contribution in [3.63, 3.8) is 0 Å². The Morgan fingerprint density at radius 2 is 2.29 bits per heavy atom. The summed E-state index contributed by atoms with van der Waals surface area (Å²) in [5.41, 5.74) is 0.792. The normalized spacial score (nSPS) is 19.0. The lowest BCUT2D eigenvalue weighted by Crippen LogP contribution is -2.49. The molecule has 1 atom stereocenters. The first-order chi connectivity index (χ1) is 10.1. The Morgan fingerprint density at radius 3 is 3.05 bits per heavy atom. The van der Waals surface area contributed by atoms with Gasteiger partial charge in [0.2, 0.25) is 0 Å². The number of hydrogen-bond acceptors (Lipinski definition) is 6. The first kappa shape index (κ1) is 13.7. The predicted molar refractivity (Wildman–Crippen MR) is 77.1 cm³/mol. The van der Waals surface area contributed by atoms with Gasteiger partial charge in [0.1, 0.15) is 11.6 Å². The molecule has 0 radical (unpaired) electrons. The fourth-order valence-corrected chi connectivity index (χ4v) is 2.52. The number of anilines is 1. The van der Waals surface area contributed by atoms with E-state index in [1.165, 1.54) is 0 Å². The lowest BCUT2D eigenvalue weighted by atomic mass is 10.2. The Hall–Kier alpha value is -2.22. The summed E-state index contributed by atoms with van der Waals surface area (Å²) in [6.45, 7) is 3.50. The second-order valence-electron chi connectivity index (χ2n) is 5.02. The van der Waals surface area contributed by atoms with Crippen LogP contribution >= 0.6 is 0 Å². The van der Waals surface area contributed by atoms with Gasteiger partial charge in [0.25, 0.3) is 5.91 Å². The van der Waals surface area contributed by atoms with Crippen LogP contribution < -0.4 is 10.2 Å². The first-order valence-electron chi connectivity index (χ1n) is 6.84. The molecule has 3 heterocycles. The molecule has 0 aromatic carbocycles. The number of nitrogens with zero attached hydrogens (tertiary/aromatic N) is 5. The van der Waals surface area contributed by atoms with Crippen LogP contribution in [0, 0.1) is 6.92 Å². The summed E-state index contributed by atoms with van der Waals surface area (Å²) in [5.74, 6) is 1.37. The van der Waals surface area contributed by atoms with Crippen LogP contribution in [0.2, 0.25) is 0 Å². The average molecular weight is 290 g/mol. The van der Waals surface area contributed by atoms with Crippen molar-refractivity contribution in [2.45, 2.75) is 13.0 Å². The second kappa shape index (κ2) is 5.28. The molecule has 21 heavy (non-hydrogen) atoms. The van der Waals surface area contributed by atoms with Crippen molar-refractivity contribution in [3.8, 4) is 0 Å². The van der Waals surface area contributed by atoms with Gasteiger partial charge in [0.15, 0.2) is 11.8 Å². The van der Waals surface area contributed by atoms with Crippen molar-refractivity contribution < 1.29 is 9.53 Å². The fraction of sp³-hybridized carbons (Fsp3) is 0.538. The van der Waals surface area contributed by atoms with E-state index >= 15 is 0 Å². The summed E-state index contributed by atoms with van der Waals surface area (Å²) in [6, 6.07) is 0. The van der Waals surface area contributed by atoms with Crippen molar-refractivity contribution in [2.24, 2.45) is 7.05 Å². The minimum atomic E-state index is -0.481. The number of likely N-dealkylation sites (N-methyl/N-ethyl adjacent to an activating group) is 1. The zero-order valence-electron chi connectivity index (χ0n) is 12.3. The SMILES string of the molecule is CNC(=O)C1CN(c2nc(C)nc3c2cnn3C)CCO1. The summed E-state index contributed by atoms with van der Waals surface area (Å²) in [6.07, 6.45) is 1.28. The molecule has 1 aliphatic heterocycles. The van der Waals surface area contributed by atoms with E-state index in [1.807, 2.05) is 14.0 Å². The average Bonchev–Trinajstić information content (AvgIpc) is 2.87. The zero-order valence-corrected chi connectivity index (χ0v) is 12.3. The molecule has 8 nitrogen and oxygen atoms in total.